The van der Waals surface area contributed by atoms with Gasteiger partial charge in [0.05, 0.1) is 17.2 Å². The number of ether oxygens (including phenoxy) is 2. The lowest BCUT2D eigenvalue weighted by Gasteiger charge is -2.13. The number of nitrogens with zero attached hydrogens (tertiary/aromatic N) is 2. The maximum absolute atomic E-state index is 12.5. The van der Waals surface area contributed by atoms with Gasteiger partial charge in [-0.1, -0.05) is 34.5 Å². The monoisotopic (exact) mass is 465 g/mol. The molecule has 168 valence electrons. The van der Waals surface area contributed by atoms with Gasteiger partial charge in [0.1, 0.15) is 17.4 Å². The number of nitriles is 1. The van der Waals surface area contributed by atoms with E-state index in [2.05, 4.69) is 10.5 Å². The summed E-state index contributed by atoms with van der Waals surface area (Å²) >= 11 is 6.37. The van der Waals surface area contributed by atoms with Crippen molar-refractivity contribution >= 4 is 35.4 Å². The molecule has 9 heteroatoms. The van der Waals surface area contributed by atoms with E-state index >= 15 is 0 Å². The quantitative estimate of drug-likeness (QED) is 0.223. The van der Waals surface area contributed by atoms with Crippen molar-refractivity contribution in [2.75, 3.05) is 11.9 Å². The smallest absolute Gasteiger partial charge is 0.343 e. The Balaban J connectivity index is 1.88. The van der Waals surface area contributed by atoms with E-state index in [1.165, 1.54) is 24.3 Å². The van der Waals surface area contributed by atoms with Gasteiger partial charge in [-0.2, -0.15) is 5.26 Å². The molecule has 1 aromatic heterocycles. The van der Waals surface area contributed by atoms with Crippen LogP contribution in [0, 0.1) is 25.2 Å². The third kappa shape index (κ3) is 5.99. The van der Waals surface area contributed by atoms with Crippen LogP contribution >= 0.6 is 11.6 Å². The molecule has 2 aromatic carbocycles. The molecule has 0 saturated carbocycles. The zero-order valence-corrected chi connectivity index (χ0v) is 18.9. The SMILES string of the molecule is CCOc1cc(C=C(C#N)C(=O)Nc2cc(C)on2)cc(Cl)c1OC(=O)c1ccc(C)cc1. The highest BCUT2D eigenvalue weighted by Gasteiger charge is 2.19. The van der Waals surface area contributed by atoms with Gasteiger partial charge in [-0.15, -0.1) is 0 Å². The van der Waals surface area contributed by atoms with Gasteiger partial charge in [0, 0.05) is 6.07 Å². The van der Waals surface area contributed by atoms with E-state index in [1.807, 2.05) is 13.0 Å². The van der Waals surface area contributed by atoms with Gasteiger partial charge < -0.3 is 19.3 Å². The third-order valence-corrected chi connectivity index (χ3v) is 4.64. The van der Waals surface area contributed by atoms with Crippen molar-refractivity contribution in [1.29, 1.82) is 5.26 Å². The highest BCUT2D eigenvalue weighted by Crippen LogP contribution is 2.38. The zero-order valence-electron chi connectivity index (χ0n) is 18.1. The molecular weight excluding hydrogens is 446 g/mol. The topological polar surface area (TPSA) is 114 Å². The van der Waals surface area contributed by atoms with E-state index < -0.39 is 11.9 Å². The van der Waals surface area contributed by atoms with Gasteiger partial charge >= 0.3 is 5.97 Å². The maximum Gasteiger partial charge on any atom is 0.343 e. The molecule has 0 saturated heterocycles. The molecule has 0 aliphatic carbocycles. The normalized spacial score (nSPS) is 10.9. The minimum absolute atomic E-state index is 0.0438. The molecule has 0 unspecified atom stereocenters. The fourth-order valence-electron chi connectivity index (χ4n) is 2.80. The zero-order chi connectivity index (χ0) is 24.0. The average molecular weight is 466 g/mol. The van der Waals surface area contributed by atoms with Gasteiger partial charge in [-0.05, 0) is 56.7 Å². The summed E-state index contributed by atoms with van der Waals surface area (Å²) in [7, 11) is 0. The summed E-state index contributed by atoms with van der Waals surface area (Å²) in [5, 5.41) is 15.7. The molecular formula is C24H20ClN3O5. The standard InChI is InChI=1S/C24H20ClN3O5/c1-4-31-20-12-16(10-18(13-26)23(29)27-21-9-15(3)33-28-21)11-19(25)22(20)32-24(30)17-7-5-14(2)6-8-17/h5-12H,4H2,1-3H3,(H,27,28,29). The second kappa shape index (κ2) is 10.5. The molecule has 0 bridgehead atoms. The number of carbonyl (C=O) groups excluding carboxylic acids is 2. The molecule has 1 amide bonds. The first-order valence-corrected chi connectivity index (χ1v) is 10.3. The highest BCUT2D eigenvalue weighted by atomic mass is 35.5. The summed E-state index contributed by atoms with van der Waals surface area (Å²) in [6, 6.07) is 13.2. The van der Waals surface area contributed by atoms with Crippen LogP contribution in [0.2, 0.25) is 5.02 Å². The Labute approximate surface area is 195 Å². The minimum atomic E-state index is -0.672. The van der Waals surface area contributed by atoms with Crippen LogP contribution in [-0.2, 0) is 4.79 Å². The number of carbonyl (C=O) groups is 2. The fourth-order valence-corrected chi connectivity index (χ4v) is 3.06. The second-order valence-electron chi connectivity index (χ2n) is 6.97. The Morgan fingerprint density at radius 2 is 1.94 bits per heavy atom. The van der Waals surface area contributed by atoms with E-state index in [0.29, 0.717) is 16.9 Å². The summed E-state index contributed by atoms with van der Waals surface area (Å²) in [6.07, 6.45) is 1.34. The van der Waals surface area contributed by atoms with E-state index in [4.69, 9.17) is 25.6 Å². The van der Waals surface area contributed by atoms with Gasteiger partial charge in [-0.3, -0.25) is 4.79 Å². The first kappa shape index (κ1) is 23.6. The molecule has 0 spiro atoms. The number of nitrogens with one attached hydrogen (secondary N) is 1. The molecule has 0 atom stereocenters. The third-order valence-electron chi connectivity index (χ3n) is 4.36. The fraction of sp³-hybridized carbons (Fsp3) is 0.167. The summed E-state index contributed by atoms with van der Waals surface area (Å²) in [5.74, 6) is -0.332. The van der Waals surface area contributed by atoms with Crippen molar-refractivity contribution < 1.29 is 23.6 Å². The number of halogens is 1. The highest BCUT2D eigenvalue weighted by molar-refractivity contribution is 6.32. The predicted octanol–water partition coefficient (Wildman–Crippen LogP) is 5.11. The van der Waals surface area contributed by atoms with Gasteiger partial charge in [0.2, 0.25) is 0 Å². The van der Waals surface area contributed by atoms with Gasteiger partial charge in [0.25, 0.3) is 5.91 Å². The van der Waals surface area contributed by atoms with E-state index in [9.17, 15) is 14.9 Å². The summed E-state index contributed by atoms with van der Waals surface area (Å²) in [6.45, 7) is 5.62. The van der Waals surface area contributed by atoms with Crippen LogP contribution in [-0.4, -0.2) is 23.6 Å². The summed E-state index contributed by atoms with van der Waals surface area (Å²) < 4.78 is 16.0. The van der Waals surface area contributed by atoms with Crippen LogP contribution in [0.25, 0.3) is 6.08 Å². The van der Waals surface area contributed by atoms with Crippen LogP contribution in [0.5, 0.6) is 11.5 Å². The Morgan fingerprint density at radius 3 is 2.55 bits per heavy atom. The number of esters is 1. The van der Waals surface area contributed by atoms with Crippen LogP contribution < -0.4 is 14.8 Å². The molecule has 8 nitrogen and oxygen atoms in total. The van der Waals surface area contributed by atoms with E-state index in [1.54, 1.807) is 38.1 Å². The van der Waals surface area contributed by atoms with E-state index in [-0.39, 0.29) is 34.5 Å². The molecule has 3 aromatic rings. The Hall–Kier alpha value is -4.09. The lowest BCUT2D eigenvalue weighted by molar-refractivity contribution is -0.112. The summed E-state index contributed by atoms with van der Waals surface area (Å²) in [4.78, 5) is 25.0. The lowest BCUT2D eigenvalue weighted by atomic mass is 10.1. The summed E-state index contributed by atoms with van der Waals surface area (Å²) in [5.41, 5.74) is 1.57. The largest absolute Gasteiger partial charge is 0.490 e. The van der Waals surface area contributed by atoms with Crippen molar-refractivity contribution in [3.8, 4) is 17.6 Å². The first-order valence-electron chi connectivity index (χ1n) is 9.92. The first-order chi connectivity index (χ1) is 15.8. The van der Waals surface area contributed by atoms with Crippen LogP contribution in [0.4, 0.5) is 5.82 Å². The number of hydrogen-bond donors (Lipinski definition) is 1. The van der Waals surface area contributed by atoms with Crippen molar-refractivity contribution in [1.82, 2.24) is 5.16 Å². The number of rotatable bonds is 7. The molecule has 3 rings (SSSR count). The van der Waals surface area contributed by atoms with Crippen molar-refractivity contribution in [3.05, 3.63) is 75.5 Å². The number of benzene rings is 2. The predicted molar refractivity (Wildman–Crippen MR) is 122 cm³/mol. The van der Waals surface area contributed by atoms with E-state index in [0.717, 1.165) is 5.56 Å². The molecule has 0 radical (unpaired) electrons. The molecule has 33 heavy (non-hydrogen) atoms. The van der Waals surface area contributed by atoms with Gasteiger partial charge in [0.15, 0.2) is 17.3 Å². The Kier molecular flexibility index (Phi) is 7.49. The number of anilines is 1. The number of hydrogen-bond acceptors (Lipinski definition) is 7. The van der Waals surface area contributed by atoms with Gasteiger partial charge in [-0.25, -0.2) is 4.79 Å². The average Bonchev–Trinajstić information content (AvgIpc) is 3.19. The molecule has 0 aliphatic rings. The van der Waals surface area contributed by atoms with Crippen LogP contribution in [0.1, 0.15) is 34.2 Å². The Morgan fingerprint density at radius 1 is 1.21 bits per heavy atom. The molecule has 0 aliphatic heterocycles. The van der Waals surface area contributed by atoms with Crippen molar-refractivity contribution in [2.45, 2.75) is 20.8 Å². The van der Waals surface area contributed by atoms with Crippen LogP contribution in [0.3, 0.4) is 0 Å². The molecule has 1 N–H and O–H groups in total. The minimum Gasteiger partial charge on any atom is -0.490 e. The molecule has 0 fully saturated rings. The number of aryl methyl sites for hydroxylation is 2. The van der Waals surface area contributed by atoms with Crippen molar-refractivity contribution in [2.24, 2.45) is 0 Å². The maximum atomic E-state index is 12.5. The number of amides is 1. The lowest BCUT2D eigenvalue weighted by Crippen LogP contribution is -2.13. The molecule has 1 heterocycles. The van der Waals surface area contributed by atoms with Crippen molar-refractivity contribution in [3.63, 3.8) is 0 Å². The second-order valence-corrected chi connectivity index (χ2v) is 7.37. The Bertz CT molecular complexity index is 1260. The van der Waals surface area contributed by atoms with Crippen LogP contribution in [0.15, 0.2) is 52.6 Å². The number of aromatic nitrogens is 1.